The minimum absolute atomic E-state index is 0.00173. The third-order valence-electron chi connectivity index (χ3n) is 5.49. The van der Waals surface area contributed by atoms with Crippen molar-refractivity contribution in [3.05, 3.63) is 69.8 Å². The largest absolute Gasteiger partial charge is 0.508 e. The fourth-order valence-corrected chi connectivity index (χ4v) is 3.99. The number of piperidine rings is 1. The highest BCUT2D eigenvalue weighted by Crippen LogP contribution is 2.31. The summed E-state index contributed by atoms with van der Waals surface area (Å²) in [6.45, 7) is 2.48. The van der Waals surface area contributed by atoms with Crippen LogP contribution in [0.1, 0.15) is 42.0 Å². The number of likely N-dealkylation sites (tertiary alicyclic amines) is 1. The molecule has 0 saturated carbocycles. The van der Waals surface area contributed by atoms with Crippen LogP contribution in [-0.2, 0) is 11.2 Å². The number of amides is 1. The average Bonchev–Trinajstić information content (AvgIpc) is 2.71. The van der Waals surface area contributed by atoms with Crippen LogP contribution in [-0.4, -0.2) is 27.4 Å². The first-order chi connectivity index (χ1) is 13.5. The molecule has 0 radical (unpaired) electrons. The predicted octanol–water partition coefficient (Wildman–Crippen LogP) is 3.50. The molecule has 1 aliphatic rings. The zero-order valence-electron chi connectivity index (χ0n) is 15.7. The number of carbonyl (C=O) groups is 1. The summed E-state index contributed by atoms with van der Waals surface area (Å²) in [5, 5.41) is 10.3. The molecule has 28 heavy (non-hydrogen) atoms. The molecule has 0 aliphatic carbocycles. The number of hydrogen-bond acceptors (Lipinski definition) is 5. The van der Waals surface area contributed by atoms with E-state index < -0.39 is 5.63 Å². The summed E-state index contributed by atoms with van der Waals surface area (Å²) in [5.41, 5.74) is 1.91. The van der Waals surface area contributed by atoms with Crippen LogP contribution in [0.2, 0.25) is 0 Å². The molecule has 1 aromatic carbocycles. The molecule has 3 heterocycles. The van der Waals surface area contributed by atoms with Crippen molar-refractivity contribution < 1.29 is 14.3 Å². The van der Waals surface area contributed by atoms with Gasteiger partial charge in [-0.05, 0) is 55.5 Å². The van der Waals surface area contributed by atoms with Crippen molar-refractivity contribution in [2.75, 3.05) is 6.54 Å². The number of phenolic OH excluding ortho intramolecular Hbond substituents is 1. The first kappa shape index (κ1) is 18.2. The Morgan fingerprint density at radius 2 is 2.18 bits per heavy atom. The van der Waals surface area contributed by atoms with Gasteiger partial charge in [-0.3, -0.25) is 9.78 Å². The zero-order valence-corrected chi connectivity index (χ0v) is 15.7. The Bertz CT molecular complexity index is 1080. The van der Waals surface area contributed by atoms with Gasteiger partial charge in [-0.2, -0.15) is 0 Å². The lowest BCUT2D eigenvalue weighted by molar-refractivity contribution is -0.134. The molecule has 0 spiro atoms. The monoisotopic (exact) mass is 378 g/mol. The molecule has 1 amide bonds. The van der Waals surface area contributed by atoms with Crippen molar-refractivity contribution in [3.8, 4) is 5.75 Å². The topological polar surface area (TPSA) is 83.6 Å². The van der Waals surface area contributed by atoms with Gasteiger partial charge in [0.2, 0.25) is 5.91 Å². The van der Waals surface area contributed by atoms with E-state index in [1.165, 1.54) is 6.07 Å². The van der Waals surface area contributed by atoms with Gasteiger partial charge in [0.15, 0.2) is 0 Å². The van der Waals surface area contributed by atoms with E-state index in [-0.39, 0.29) is 24.1 Å². The van der Waals surface area contributed by atoms with Crippen molar-refractivity contribution in [1.82, 2.24) is 9.88 Å². The van der Waals surface area contributed by atoms with E-state index in [1.807, 2.05) is 24.0 Å². The Kier molecular flexibility index (Phi) is 4.86. The van der Waals surface area contributed by atoms with E-state index >= 15 is 0 Å². The molecule has 1 N–H and O–H groups in total. The van der Waals surface area contributed by atoms with Gasteiger partial charge in [0, 0.05) is 30.4 Å². The Morgan fingerprint density at radius 1 is 1.32 bits per heavy atom. The fraction of sp³-hybridized carbons (Fsp3) is 0.318. The second-order valence-corrected chi connectivity index (χ2v) is 7.24. The molecular formula is C22H22N2O4. The zero-order chi connectivity index (χ0) is 19.7. The third-order valence-corrected chi connectivity index (χ3v) is 5.49. The lowest BCUT2D eigenvalue weighted by Crippen LogP contribution is -2.40. The second-order valence-electron chi connectivity index (χ2n) is 7.24. The highest BCUT2D eigenvalue weighted by Gasteiger charge is 2.29. The van der Waals surface area contributed by atoms with Crippen LogP contribution in [0.25, 0.3) is 11.0 Å². The van der Waals surface area contributed by atoms with Gasteiger partial charge in [-0.15, -0.1) is 0 Å². The van der Waals surface area contributed by atoms with Crippen LogP contribution in [0.5, 0.6) is 5.75 Å². The molecule has 2 aromatic heterocycles. The number of fused-ring (bicyclic) bond motifs is 1. The molecule has 1 atom stereocenters. The molecule has 6 nitrogen and oxygen atoms in total. The molecule has 144 valence electrons. The second kappa shape index (κ2) is 7.46. The van der Waals surface area contributed by atoms with Crippen molar-refractivity contribution in [3.63, 3.8) is 0 Å². The van der Waals surface area contributed by atoms with E-state index in [9.17, 15) is 14.7 Å². The fourth-order valence-electron chi connectivity index (χ4n) is 3.99. The highest BCUT2D eigenvalue weighted by molar-refractivity contribution is 5.85. The molecule has 6 heteroatoms. The van der Waals surface area contributed by atoms with Crippen LogP contribution in [0.15, 0.2) is 51.9 Å². The molecule has 4 rings (SSSR count). The van der Waals surface area contributed by atoms with E-state index in [0.717, 1.165) is 35.8 Å². The maximum Gasteiger partial charge on any atom is 0.340 e. The summed E-state index contributed by atoms with van der Waals surface area (Å²) in [6.07, 6.45) is 6.43. The van der Waals surface area contributed by atoms with Gasteiger partial charge < -0.3 is 14.4 Å². The summed E-state index contributed by atoms with van der Waals surface area (Å²) < 4.78 is 5.36. The van der Waals surface area contributed by atoms with E-state index in [2.05, 4.69) is 4.98 Å². The average molecular weight is 378 g/mol. The smallest absolute Gasteiger partial charge is 0.340 e. The summed E-state index contributed by atoms with van der Waals surface area (Å²) >= 11 is 0. The number of carbonyl (C=O) groups excluding carboxylic acids is 1. The Morgan fingerprint density at radius 3 is 2.96 bits per heavy atom. The van der Waals surface area contributed by atoms with Gasteiger partial charge in [-0.1, -0.05) is 6.07 Å². The van der Waals surface area contributed by atoms with E-state index in [1.54, 1.807) is 24.5 Å². The first-order valence-electron chi connectivity index (χ1n) is 9.49. The standard InChI is InChI=1S/C22H22N2O4/c1-14-17-8-7-16(25)11-20(17)28-22(27)18(14)12-21(26)24-10-3-2-6-19(24)15-5-4-9-23-13-15/h4-5,7-9,11,13,19,25H,2-3,6,10,12H2,1H3. The predicted molar refractivity (Wildman–Crippen MR) is 105 cm³/mol. The number of nitrogens with zero attached hydrogens (tertiary/aromatic N) is 2. The van der Waals surface area contributed by atoms with Crippen molar-refractivity contribution in [2.45, 2.75) is 38.6 Å². The number of hydrogen-bond donors (Lipinski definition) is 1. The molecule has 0 bridgehead atoms. The number of aromatic hydroxyl groups is 1. The van der Waals surface area contributed by atoms with Gasteiger partial charge in [-0.25, -0.2) is 4.79 Å². The third kappa shape index (κ3) is 3.38. The molecular weight excluding hydrogens is 356 g/mol. The maximum atomic E-state index is 13.1. The molecule has 1 unspecified atom stereocenters. The lowest BCUT2D eigenvalue weighted by Gasteiger charge is -2.36. The number of rotatable bonds is 3. The number of phenols is 1. The van der Waals surface area contributed by atoms with E-state index in [4.69, 9.17) is 4.42 Å². The van der Waals surface area contributed by atoms with E-state index in [0.29, 0.717) is 17.7 Å². The van der Waals surface area contributed by atoms with Crippen LogP contribution >= 0.6 is 0 Å². The van der Waals surface area contributed by atoms with Crippen LogP contribution in [0.4, 0.5) is 0 Å². The van der Waals surface area contributed by atoms with Crippen molar-refractivity contribution >= 4 is 16.9 Å². The lowest BCUT2D eigenvalue weighted by atomic mass is 9.95. The minimum Gasteiger partial charge on any atom is -0.508 e. The number of pyridine rings is 1. The van der Waals surface area contributed by atoms with Crippen LogP contribution in [0, 0.1) is 6.92 Å². The normalized spacial score (nSPS) is 17.0. The minimum atomic E-state index is -0.529. The number of aryl methyl sites for hydroxylation is 1. The molecule has 3 aromatic rings. The Balaban J connectivity index is 1.66. The van der Waals surface area contributed by atoms with Crippen molar-refractivity contribution in [2.24, 2.45) is 0 Å². The first-order valence-corrected chi connectivity index (χ1v) is 9.49. The summed E-state index contributed by atoms with van der Waals surface area (Å²) in [7, 11) is 0. The molecule has 1 saturated heterocycles. The van der Waals surface area contributed by atoms with Crippen molar-refractivity contribution in [1.29, 1.82) is 0 Å². The maximum absolute atomic E-state index is 13.1. The molecule has 1 fully saturated rings. The van der Waals surface area contributed by atoms with Gasteiger partial charge in [0.25, 0.3) is 0 Å². The van der Waals surface area contributed by atoms with Gasteiger partial charge >= 0.3 is 5.63 Å². The summed E-state index contributed by atoms with van der Waals surface area (Å²) in [5.74, 6) is -0.0476. The Labute approximate surface area is 162 Å². The summed E-state index contributed by atoms with van der Waals surface area (Å²) in [4.78, 5) is 31.7. The summed E-state index contributed by atoms with van der Waals surface area (Å²) in [6, 6.07) is 8.52. The Hall–Kier alpha value is -3.15. The van der Waals surface area contributed by atoms with Crippen LogP contribution in [0.3, 0.4) is 0 Å². The van der Waals surface area contributed by atoms with Gasteiger partial charge in [0.05, 0.1) is 18.0 Å². The molecule has 1 aliphatic heterocycles. The SMILES string of the molecule is Cc1c(CC(=O)N2CCCCC2c2cccnc2)c(=O)oc2cc(O)ccc12. The van der Waals surface area contributed by atoms with Crippen LogP contribution < -0.4 is 5.63 Å². The highest BCUT2D eigenvalue weighted by atomic mass is 16.4. The number of aromatic nitrogens is 1. The van der Waals surface area contributed by atoms with Gasteiger partial charge in [0.1, 0.15) is 11.3 Å². The number of benzene rings is 1. The quantitative estimate of drug-likeness (QED) is 0.705.